The second-order valence-electron chi connectivity index (χ2n) is 6.52. The Balaban J connectivity index is 0.000000423. The highest BCUT2D eigenvalue weighted by Gasteiger charge is 2.38. The van der Waals surface area contributed by atoms with Gasteiger partial charge in [-0.3, -0.25) is 4.40 Å². The van der Waals surface area contributed by atoms with Crippen LogP contribution in [0.2, 0.25) is 0 Å². The van der Waals surface area contributed by atoms with Crippen LogP contribution >= 0.6 is 0 Å². The minimum atomic E-state index is -5.08. The molecule has 0 aliphatic carbocycles. The summed E-state index contributed by atoms with van der Waals surface area (Å²) in [6, 6.07) is 5.20. The largest absolute Gasteiger partial charge is 0.490 e. The van der Waals surface area contributed by atoms with Crippen LogP contribution in [0.1, 0.15) is 30.2 Å². The van der Waals surface area contributed by atoms with Crippen LogP contribution in [0, 0.1) is 13.8 Å². The number of alkyl halides is 3. The summed E-state index contributed by atoms with van der Waals surface area (Å²) < 4.78 is 35.6. The number of aryl methyl sites for hydroxylation is 1. The molecule has 0 aliphatic rings. The fourth-order valence-corrected chi connectivity index (χ4v) is 2.53. The van der Waals surface area contributed by atoms with E-state index in [0.717, 1.165) is 17.0 Å². The van der Waals surface area contributed by atoms with Crippen molar-refractivity contribution in [1.29, 1.82) is 0 Å². The van der Waals surface area contributed by atoms with Crippen LogP contribution in [0.25, 0.3) is 5.65 Å². The van der Waals surface area contributed by atoms with Gasteiger partial charge in [-0.2, -0.15) is 13.2 Å². The first kappa shape index (κ1) is 23.6. The van der Waals surface area contributed by atoms with Gasteiger partial charge < -0.3 is 20.3 Å². The number of hydrogen-bond acceptors (Lipinski definition) is 5. The lowest BCUT2D eigenvalue weighted by Crippen LogP contribution is -2.39. The van der Waals surface area contributed by atoms with Gasteiger partial charge in [-0.25, -0.2) is 14.6 Å². The molecule has 3 aromatic rings. The van der Waals surface area contributed by atoms with E-state index < -0.39 is 12.1 Å². The topological polar surface area (TPSA) is 126 Å². The maximum atomic E-state index is 12.1. The van der Waals surface area contributed by atoms with Crippen molar-refractivity contribution in [3.05, 3.63) is 47.9 Å². The summed E-state index contributed by atoms with van der Waals surface area (Å²) in [5.74, 6) is -2.06. The second kappa shape index (κ2) is 9.91. The molecule has 0 aliphatic heterocycles. The van der Waals surface area contributed by atoms with Crippen LogP contribution in [-0.4, -0.2) is 54.0 Å². The Morgan fingerprint density at radius 1 is 1.23 bits per heavy atom. The van der Waals surface area contributed by atoms with E-state index in [2.05, 4.69) is 25.8 Å². The third-order valence-corrected chi connectivity index (χ3v) is 4.30. The van der Waals surface area contributed by atoms with E-state index >= 15 is 0 Å². The van der Waals surface area contributed by atoms with Crippen molar-refractivity contribution in [2.75, 3.05) is 6.54 Å². The zero-order valence-corrected chi connectivity index (χ0v) is 17.0. The average Bonchev–Trinajstić information content (AvgIpc) is 3.26. The molecule has 3 aromatic heterocycles. The lowest BCUT2D eigenvalue weighted by atomic mass is 10.3. The molecule has 168 valence electrons. The van der Waals surface area contributed by atoms with Crippen molar-refractivity contribution in [2.24, 2.45) is 0 Å². The zero-order valence-electron chi connectivity index (χ0n) is 17.0. The molecule has 0 spiro atoms. The summed E-state index contributed by atoms with van der Waals surface area (Å²) in [6.45, 7) is 7.07. The number of carbonyl (C=O) groups excluding carboxylic acids is 1. The van der Waals surface area contributed by atoms with Gasteiger partial charge in [-0.15, -0.1) is 10.2 Å². The summed E-state index contributed by atoms with van der Waals surface area (Å²) in [7, 11) is 0. The van der Waals surface area contributed by atoms with E-state index in [9.17, 15) is 18.0 Å². The van der Waals surface area contributed by atoms with Crippen LogP contribution in [0.3, 0.4) is 0 Å². The van der Waals surface area contributed by atoms with Gasteiger partial charge in [0, 0.05) is 25.0 Å². The Morgan fingerprint density at radius 3 is 2.48 bits per heavy atom. The van der Waals surface area contributed by atoms with Crippen molar-refractivity contribution in [1.82, 2.24) is 34.8 Å². The van der Waals surface area contributed by atoms with E-state index in [0.29, 0.717) is 18.9 Å². The molecule has 2 amide bonds. The highest BCUT2D eigenvalue weighted by Crippen LogP contribution is 2.13. The lowest BCUT2D eigenvalue weighted by Gasteiger charge is -2.13. The molecule has 0 aromatic carbocycles. The monoisotopic (exact) mass is 441 g/mol. The number of carboxylic acids is 1. The normalized spacial score (nSPS) is 12.1. The number of fused-ring (bicyclic) bond motifs is 1. The number of nitrogens with one attached hydrogen (secondary N) is 2. The van der Waals surface area contributed by atoms with Crippen LogP contribution in [0.15, 0.2) is 30.7 Å². The fourth-order valence-electron chi connectivity index (χ4n) is 2.53. The number of halogens is 3. The number of urea groups is 1. The fraction of sp³-hybridized carbons (Fsp3) is 0.389. The minimum absolute atomic E-state index is 0.232. The van der Waals surface area contributed by atoms with E-state index in [1.165, 1.54) is 0 Å². The average molecular weight is 441 g/mol. The first-order chi connectivity index (χ1) is 14.5. The number of hydrogen-bond donors (Lipinski definition) is 3. The number of nitrogens with zero attached hydrogens (tertiary/aromatic N) is 5. The molecule has 3 heterocycles. The Labute approximate surface area is 175 Å². The number of amides is 2. The summed E-state index contributed by atoms with van der Waals surface area (Å²) in [5.41, 5.74) is 2.87. The number of carbonyl (C=O) groups is 2. The number of aliphatic carboxylic acids is 1. The Bertz CT molecular complexity index is 1050. The number of aromatic nitrogens is 5. The van der Waals surface area contributed by atoms with E-state index in [1.807, 2.05) is 54.1 Å². The first-order valence-electron chi connectivity index (χ1n) is 9.13. The van der Waals surface area contributed by atoms with E-state index in [1.54, 1.807) is 6.33 Å². The second-order valence-corrected chi connectivity index (χ2v) is 6.52. The van der Waals surface area contributed by atoms with Gasteiger partial charge in [0.05, 0.1) is 18.1 Å². The molecular weight excluding hydrogens is 419 g/mol. The third-order valence-electron chi connectivity index (χ3n) is 4.30. The van der Waals surface area contributed by atoms with Crippen LogP contribution < -0.4 is 10.6 Å². The molecule has 0 saturated carbocycles. The zero-order chi connectivity index (χ0) is 23.2. The summed E-state index contributed by atoms with van der Waals surface area (Å²) in [4.78, 5) is 25.2. The molecule has 1 atom stereocenters. The van der Waals surface area contributed by atoms with Gasteiger partial charge in [-0.1, -0.05) is 6.07 Å². The van der Waals surface area contributed by atoms with E-state index in [-0.39, 0.29) is 12.1 Å². The van der Waals surface area contributed by atoms with Crippen LogP contribution in [0.4, 0.5) is 18.0 Å². The van der Waals surface area contributed by atoms with Gasteiger partial charge in [-0.05, 0) is 32.9 Å². The van der Waals surface area contributed by atoms with Crippen molar-refractivity contribution >= 4 is 17.6 Å². The van der Waals surface area contributed by atoms with Crippen LogP contribution in [0.5, 0.6) is 0 Å². The van der Waals surface area contributed by atoms with Crippen molar-refractivity contribution < 1.29 is 27.9 Å². The third kappa shape index (κ3) is 6.42. The Hall–Kier alpha value is -3.64. The molecule has 0 bridgehead atoms. The predicted octanol–water partition coefficient (Wildman–Crippen LogP) is 2.24. The quantitative estimate of drug-likeness (QED) is 0.557. The molecule has 0 fully saturated rings. The number of imidazole rings is 1. The SMILES string of the molecule is Cc1ncn(CCNC(=O)NC(C)c2nnc3ccccn23)c1C.O=C(O)C(F)(F)F. The molecule has 13 heteroatoms. The molecular formula is C18H22F3N7O3. The summed E-state index contributed by atoms with van der Waals surface area (Å²) >= 11 is 0. The number of rotatable bonds is 5. The van der Waals surface area contributed by atoms with Crippen molar-refractivity contribution in [2.45, 2.75) is 39.5 Å². The Morgan fingerprint density at radius 2 is 1.90 bits per heavy atom. The van der Waals surface area contributed by atoms with E-state index in [4.69, 9.17) is 9.90 Å². The minimum Gasteiger partial charge on any atom is -0.475 e. The standard InChI is InChI=1S/C16H21N7O.C2HF3O2/c1-11-13(3)22(10-18-11)9-7-17-16(24)19-12(2)15-21-20-14-6-4-5-8-23(14)15;3-2(4,5)1(6)7/h4-6,8,10,12H,7,9H2,1-3H3,(H2,17,19,24);(H,6,7). The van der Waals surface area contributed by atoms with Gasteiger partial charge in [0.25, 0.3) is 0 Å². The summed E-state index contributed by atoms with van der Waals surface area (Å²) in [5, 5.41) is 21.1. The summed E-state index contributed by atoms with van der Waals surface area (Å²) in [6.07, 6.45) is -1.42. The number of pyridine rings is 1. The van der Waals surface area contributed by atoms with Gasteiger partial charge in [0.1, 0.15) is 0 Å². The predicted molar refractivity (Wildman–Crippen MR) is 103 cm³/mol. The van der Waals surface area contributed by atoms with Gasteiger partial charge >= 0.3 is 18.2 Å². The Kier molecular flexibility index (Phi) is 7.56. The molecule has 0 radical (unpaired) electrons. The molecule has 3 rings (SSSR count). The highest BCUT2D eigenvalue weighted by atomic mass is 19.4. The van der Waals surface area contributed by atoms with Crippen molar-refractivity contribution in [3.8, 4) is 0 Å². The number of carboxylic acid groups (broad SMARTS) is 1. The van der Waals surface area contributed by atoms with Crippen LogP contribution in [-0.2, 0) is 11.3 Å². The lowest BCUT2D eigenvalue weighted by molar-refractivity contribution is -0.192. The smallest absolute Gasteiger partial charge is 0.475 e. The highest BCUT2D eigenvalue weighted by molar-refractivity contribution is 5.74. The maximum absolute atomic E-state index is 12.1. The van der Waals surface area contributed by atoms with Crippen molar-refractivity contribution in [3.63, 3.8) is 0 Å². The molecule has 3 N–H and O–H groups in total. The molecule has 31 heavy (non-hydrogen) atoms. The van der Waals surface area contributed by atoms with Gasteiger partial charge in [0.15, 0.2) is 11.5 Å². The first-order valence-corrected chi connectivity index (χ1v) is 9.13. The maximum Gasteiger partial charge on any atom is 0.490 e. The van der Waals surface area contributed by atoms with Gasteiger partial charge in [0.2, 0.25) is 0 Å². The molecule has 10 nitrogen and oxygen atoms in total. The molecule has 1 unspecified atom stereocenters. The molecule has 0 saturated heterocycles.